The van der Waals surface area contributed by atoms with Gasteiger partial charge >= 0.3 is 0 Å². The molecule has 8 atom stereocenters. The average Bonchev–Trinajstić information content (AvgIpc) is 2.72. The van der Waals surface area contributed by atoms with Crippen LogP contribution in [0.2, 0.25) is 0 Å². The lowest BCUT2D eigenvalue weighted by atomic mass is 9.44. The van der Waals surface area contributed by atoms with Crippen molar-refractivity contribution in [2.75, 3.05) is 13.1 Å². The topological polar surface area (TPSA) is 66.0 Å². The summed E-state index contributed by atoms with van der Waals surface area (Å²) in [6.45, 7) is 16.6. The van der Waals surface area contributed by atoms with Crippen LogP contribution >= 0.6 is 0 Å². The van der Waals surface area contributed by atoms with Gasteiger partial charge in [-0.05, 0) is 69.6 Å². The van der Waals surface area contributed by atoms with Gasteiger partial charge in [0.2, 0.25) is 11.8 Å². The Morgan fingerprint density at radius 3 is 2.66 bits per heavy atom. The first-order valence-corrected chi connectivity index (χ1v) is 12.9. The summed E-state index contributed by atoms with van der Waals surface area (Å²) in [5, 5.41) is 5.58. The molecule has 0 spiro atoms. The van der Waals surface area contributed by atoms with Gasteiger partial charge in [-0.2, -0.15) is 7.05 Å². The summed E-state index contributed by atoms with van der Waals surface area (Å²) in [6, 6.07) is 0. The molecule has 1 saturated heterocycles. The van der Waals surface area contributed by atoms with Crippen LogP contribution in [0.15, 0.2) is 12.2 Å². The van der Waals surface area contributed by atoms with E-state index in [0.717, 1.165) is 18.8 Å². The van der Waals surface area contributed by atoms with E-state index in [1.165, 1.54) is 31.3 Å². The lowest BCUT2D eigenvalue weighted by molar-refractivity contribution is -0.703. The number of likely N-dealkylation sites (tertiary alicyclic amines) is 1. The van der Waals surface area contributed by atoms with Crippen molar-refractivity contribution < 1.29 is 14.9 Å². The average molecular weight is 444 g/mol. The monoisotopic (exact) mass is 443 g/mol. The number of carbonyl (C=O) groups is 2. The maximum absolute atomic E-state index is 12.7. The molecule has 0 bridgehead atoms. The van der Waals surface area contributed by atoms with E-state index in [0.29, 0.717) is 36.1 Å². The lowest BCUT2D eigenvalue weighted by Gasteiger charge is -2.62. The Morgan fingerprint density at radius 1 is 1.31 bits per heavy atom. The van der Waals surface area contributed by atoms with Crippen molar-refractivity contribution >= 4 is 11.8 Å². The molecule has 3 aliphatic carbocycles. The number of quaternary nitrogens is 1. The summed E-state index contributed by atoms with van der Waals surface area (Å²) in [5.74, 6) is 3.97. The van der Waals surface area contributed by atoms with Crippen LogP contribution in [0.25, 0.3) is 0 Å². The molecule has 0 aromatic rings. The number of nitrogens with one attached hydrogen (secondary N) is 1. The van der Waals surface area contributed by atoms with Crippen LogP contribution in [-0.2, 0) is 9.59 Å². The fourth-order valence-corrected chi connectivity index (χ4v) is 8.28. The molecule has 5 nitrogen and oxygen atoms in total. The molecule has 0 aromatic heterocycles. The highest BCUT2D eigenvalue weighted by Gasteiger charge is 2.60. The number of nitrogens with zero attached hydrogens (tertiary/aromatic N) is 1. The molecule has 5 heteroatoms. The predicted octanol–water partition coefficient (Wildman–Crippen LogP) is 3.13. The van der Waals surface area contributed by atoms with E-state index in [2.05, 4.69) is 52.0 Å². The van der Waals surface area contributed by atoms with E-state index in [4.69, 9.17) is 0 Å². The number of amides is 2. The third-order valence-electron chi connectivity index (χ3n) is 9.78. The van der Waals surface area contributed by atoms with Gasteiger partial charge in [-0.25, -0.2) is 0 Å². The molecule has 4 fully saturated rings. The minimum Gasteiger partial charge on any atom is -0.473 e. The highest BCUT2D eigenvalue weighted by molar-refractivity contribution is 5.89. The third-order valence-corrected chi connectivity index (χ3v) is 9.78. The van der Waals surface area contributed by atoms with Crippen LogP contribution in [0.4, 0.5) is 0 Å². The smallest absolute Gasteiger partial charge is 0.240 e. The number of carbonyl (C=O) groups excluding carboxylic acids is 2. The molecule has 4 rings (SSSR count). The Kier molecular flexibility index (Phi) is 6.28. The minimum atomic E-state index is -0.303. The zero-order valence-electron chi connectivity index (χ0n) is 21.0. The molecule has 180 valence electrons. The Morgan fingerprint density at radius 2 is 2.03 bits per heavy atom. The zero-order valence-corrected chi connectivity index (χ0v) is 21.0. The number of hydrogen-bond acceptors (Lipinski definition) is 2. The maximum atomic E-state index is 12.7. The molecular formula is C27H45N3O2. The van der Waals surface area contributed by atoms with Crippen molar-refractivity contribution in [1.82, 2.24) is 10.2 Å². The van der Waals surface area contributed by atoms with Gasteiger partial charge in [0.05, 0.1) is 18.0 Å². The second-order valence-corrected chi connectivity index (χ2v) is 12.4. The van der Waals surface area contributed by atoms with E-state index in [-0.39, 0.29) is 35.4 Å². The highest BCUT2D eigenvalue weighted by Crippen LogP contribution is 2.60. The Hall–Kier alpha value is -1.36. The van der Waals surface area contributed by atoms with E-state index < -0.39 is 0 Å². The van der Waals surface area contributed by atoms with Crippen LogP contribution in [-0.4, -0.2) is 40.9 Å². The number of rotatable bonds is 6. The van der Waals surface area contributed by atoms with Gasteiger partial charge in [0, 0.05) is 30.3 Å². The predicted molar refractivity (Wildman–Crippen MR) is 127 cm³/mol. The van der Waals surface area contributed by atoms with Crippen LogP contribution in [0.3, 0.4) is 0 Å². The lowest BCUT2D eigenvalue weighted by Crippen LogP contribution is -2.97. The molecule has 8 unspecified atom stereocenters. The van der Waals surface area contributed by atoms with Crippen LogP contribution < -0.4 is 10.6 Å². The molecule has 1 heterocycles. The van der Waals surface area contributed by atoms with Crippen molar-refractivity contribution in [3.63, 3.8) is 0 Å². The second kappa shape index (κ2) is 8.45. The second-order valence-electron chi connectivity index (χ2n) is 12.4. The highest BCUT2D eigenvalue weighted by atomic mass is 16.2. The third kappa shape index (κ3) is 3.93. The Balaban J connectivity index is 1.50. The number of β-lactam (4-membered cyclic amide) rings is 1. The molecule has 2 amide bonds. The Bertz CT molecular complexity index is 777. The van der Waals surface area contributed by atoms with Gasteiger partial charge in [0.15, 0.2) is 0 Å². The zero-order chi connectivity index (χ0) is 23.4. The van der Waals surface area contributed by atoms with Crippen molar-refractivity contribution in [2.24, 2.45) is 41.4 Å². The van der Waals surface area contributed by atoms with Crippen molar-refractivity contribution in [2.45, 2.75) is 84.2 Å². The van der Waals surface area contributed by atoms with Crippen LogP contribution in [0, 0.1) is 48.5 Å². The fraction of sp³-hybridized carbons (Fsp3) is 0.815. The molecule has 1 aliphatic heterocycles. The number of nitrogens with two attached hydrogens (primary N) is 1. The maximum Gasteiger partial charge on any atom is 0.240 e. The first-order chi connectivity index (χ1) is 15.0. The molecular weight excluding hydrogens is 398 g/mol. The van der Waals surface area contributed by atoms with Crippen molar-refractivity contribution in [1.29, 1.82) is 0 Å². The molecule has 32 heavy (non-hydrogen) atoms. The Labute approximate surface area is 195 Å². The fourth-order valence-electron chi connectivity index (χ4n) is 8.28. The van der Waals surface area contributed by atoms with Gasteiger partial charge in [-0.1, -0.05) is 32.9 Å². The van der Waals surface area contributed by atoms with E-state index in [9.17, 15) is 9.59 Å². The summed E-state index contributed by atoms with van der Waals surface area (Å²) in [4.78, 5) is 26.3. The minimum absolute atomic E-state index is 0.0359. The van der Waals surface area contributed by atoms with Gasteiger partial charge < -0.3 is 15.5 Å². The summed E-state index contributed by atoms with van der Waals surface area (Å²) in [5.41, 5.74) is 1.37. The first-order valence-electron chi connectivity index (χ1n) is 12.9. The van der Waals surface area contributed by atoms with Crippen LogP contribution in [0.1, 0.15) is 73.1 Å². The van der Waals surface area contributed by atoms with Gasteiger partial charge in [-0.3, -0.25) is 9.59 Å². The summed E-state index contributed by atoms with van der Waals surface area (Å²) in [7, 11) is 4.36. The first kappa shape index (κ1) is 23.8. The van der Waals surface area contributed by atoms with Gasteiger partial charge in [0.1, 0.15) is 0 Å². The van der Waals surface area contributed by atoms with E-state index >= 15 is 0 Å². The standard InChI is InChI=1S/C27H45N3O2/c1-16-10-11-27(28-7)19(4)8-9-21-17(2)12-20(23(16)24(21)27)13-26(5,6)29-22(31)15-30-14-18(3)25(30)32/h17-21,23-24H,1,7-15,28H2,2-6H3,(H,29,31). The molecule has 0 radical (unpaired) electrons. The molecule has 3 N–H and O–H groups in total. The number of hydrogen-bond donors (Lipinski definition) is 2. The molecule has 4 aliphatic rings. The molecule has 3 saturated carbocycles. The quantitative estimate of drug-likeness (QED) is 0.376. The normalized spacial score (nSPS) is 41.7. The number of allylic oxidation sites excluding steroid dienone is 1. The van der Waals surface area contributed by atoms with Crippen LogP contribution in [0.5, 0.6) is 0 Å². The van der Waals surface area contributed by atoms with E-state index in [1.807, 2.05) is 6.92 Å². The summed E-state index contributed by atoms with van der Waals surface area (Å²) < 4.78 is 0. The van der Waals surface area contributed by atoms with Gasteiger partial charge in [0.25, 0.3) is 0 Å². The largest absolute Gasteiger partial charge is 0.473 e. The van der Waals surface area contributed by atoms with E-state index in [1.54, 1.807) is 4.90 Å². The van der Waals surface area contributed by atoms with Crippen molar-refractivity contribution in [3.05, 3.63) is 19.2 Å². The summed E-state index contributed by atoms with van der Waals surface area (Å²) in [6.07, 6.45) is 7.14. The van der Waals surface area contributed by atoms with Gasteiger partial charge in [-0.15, -0.1) is 0 Å². The SMILES string of the molecule is C=C1CCC2([NH2+][CH2-])C(C)CCC3C(C)CC(CC(C)(C)NC(=O)CN4CC(C)C4=O)C1C32. The molecule has 0 aromatic carbocycles. The summed E-state index contributed by atoms with van der Waals surface area (Å²) >= 11 is 0. The van der Waals surface area contributed by atoms with Crippen molar-refractivity contribution in [3.8, 4) is 0 Å².